The number of hydrogen-bond acceptors (Lipinski definition) is 0. The van der Waals surface area contributed by atoms with Gasteiger partial charge in [0, 0.05) is 0 Å². The molecule has 0 heterocycles. The van der Waals surface area contributed by atoms with E-state index >= 15 is 0 Å². The Kier molecular flexibility index (Phi) is 4.68. The summed E-state index contributed by atoms with van der Waals surface area (Å²) in [5.74, 6) is 0.632. The molecule has 0 aliphatic heterocycles. The van der Waals surface area contributed by atoms with E-state index in [2.05, 4.69) is 88.4 Å². The van der Waals surface area contributed by atoms with Crippen LogP contribution in [0.2, 0.25) is 6.04 Å². The van der Waals surface area contributed by atoms with Gasteiger partial charge in [-0.25, -0.2) is 0 Å². The summed E-state index contributed by atoms with van der Waals surface area (Å²) >= 11 is 0. The highest BCUT2D eigenvalue weighted by Gasteiger charge is 2.29. The standard InChI is InChI=1S/C22H26Si/c1-16-17(2)19(4)22(18(16)3)15-23(20-11-7-5-8-12-20)21-13-9-6-10-14-21/h5-14,22-23H,15H2,1-4H3. The second-order valence-electron chi connectivity index (χ2n) is 6.78. The molecule has 0 fully saturated rings. The summed E-state index contributed by atoms with van der Waals surface area (Å²) in [6.07, 6.45) is 0. The van der Waals surface area contributed by atoms with Gasteiger partial charge in [-0.2, -0.15) is 0 Å². The third-order valence-electron chi connectivity index (χ3n) is 5.67. The summed E-state index contributed by atoms with van der Waals surface area (Å²) < 4.78 is 0. The molecule has 0 aromatic heterocycles. The smallest absolute Gasteiger partial charge is 0.0632 e. The van der Waals surface area contributed by atoms with E-state index in [1.807, 2.05) is 0 Å². The molecule has 1 heteroatoms. The van der Waals surface area contributed by atoms with Crippen molar-refractivity contribution in [2.75, 3.05) is 0 Å². The summed E-state index contributed by atoms with van der Waals surface area (Å²) in [7, 11) is -1.20. The lowest BCUT2D eigenvalue weighted by atomic mass is 9.99. The van der Waals surface area contributed by atoms with Gasteiger partial charge >= 0.3 is 0 Å². The van der Waals surface area contributed by atoms with Crippen LogP contribution in [0.5, 0.6) is 0 Å². The highest BCUT2D eigenvalue weighted by Crippen LogP contribution is 2.39. The van der Waals surface area contributed by atoms with Crippen LogP contribution in [0.4, 0.5) is 0 Å². The van der Waals surface area contributed by atoms with Gasteiger partial charge in [0.2, 0.25) is 0 Å². The first-order valence-electron chi connectivity index (χ1n) is 8.54. The van der Waals surface area contributed by atoms with Gasteiger partial charge < -0.3 is 0 Å². The maximum absolute atomic E-state index is 2.33. The lowest BCUT2D eigenvalue weighted by molar-refractivity contribution is 0.806. The molecule has 23 heavy (non-hydrogen) atoms. The van der Waals surface area contributed by atoms with Crippen LogP contribution in [0, 0.1) is 5.92 Å². The topological polar surface area (TPSA) is 0 Å². The van der Waals surface area contributed by atoms with Gasteiger partial charge in [0.1, 0.15) is 8.80 Å². The van der Waals surface area contributed by atoms with Crippen molar-refractivity contribution >= 4 is 19.2 Å². The van der Waals surface area contributed by atoms with Gasteiger partial charge in [-0.05, 0) is 50.8 Å². The van der Waals surface area contributed by atoms with E-state index in [1.54, 1.807) is 21.5 Å². The summed E-state index contributed by atoms with van der Waals surface area (Å²) in [5.41, 5.74) is 6.21. The molecule has 1 aliphatic rings. The van der Waals surface area contributed by atoms with Crippen molar-refractivity contribution in [2.24, 2.45) is 5.92 Å². The Morgan fingerprint density at radius 1 is 0.652 bits per heavy atom. The van der Waals surface area contributed by atoms with Crippen molar-refractivity contribution in [3.63, 3.8) is 0 Å². The highest BCUT2D eigenvalue weighted by molar-refractivity contribution is 6.85. The van der Waals surface area contributed by atoms with Crippen LogP contribution in [0.1, 0.15) is 27.7 Å². The minimum Gasteiger partial charge on any atom is -0.0632 e. The fourth-order valence-corrected chi connectivity index (χ4v) is 7.34. The zero-order valence-electron chi connectivity index (χ0n) is 14.6. The van der Waals surface area contributed by atoms with Crippen LogP contribution in [0.25, 0.3) is 0 Å². The average Bonchev–Trinajstić information content (AvgIpc) is 2.78. The third kappa shape index (κ3) is 3.11. The Morgan fingerprint density at radius 2 is 1.04 bits per heavy atom. The maximum atomic E-state index is 2.33. The zero-order chi connectivity index (χ0) is 16.4. The van der Waals surface area contributed by atoms with E-state index < -0.39 is 8.80 Å². The molecular weight excluding hydrogens is 292 g/mol. The second-order valence-corrected chi connectivity index (χ2v) is 9.69. The second kappa shape index (κ2) is 6.72. The monoisotopic (exact) mass is 318 g/mol. The van der Waals surface area contributed by atoms with Crippen LogP contribution >= 0.6 is 0 Å². The van der Waals surface area contributed by atoms with Crippen molar-refractivity contribution in [2.45, 2.75) is 33.7 Å². The molecule has 0 atom stereocenters. The van der Waals surface area contributed by atoms with E-state index in [9.17, 15) is 0 Å². The Balaban J connectivity index is 1.98. The normalized spacial score (nSPS) is 15.9. The van der Waals surface area contributed by atoms with E-state index in [0.717, 1.165) is 0 Å². The molecule has 2 aromatic carbocycles. The molecule has 3 rings (SSSR count). The van der Waals surface area contributed by atoms with Crippen LogP contribution in [-0.2, 0) is 0 Å². The molecule has 0 saturated carbocycles. The number of rotatable bonds is 4. The van der Waals surface area contributed by atoms with Gasteiger partial charge in [-0.1, -0.05) is 82.2 Å². The molecule has 0 amide bonds. The van der Waals surface area contributed by atoms with Crippen LogP contribution in [0.15, 0.2) is 83.0 Å². The quantitative estimate of drug-likeness (QED) is 0.736. The van der Waals surface area contributed by atoms with Crippen molar-refractivity contribution in [3.8, 4) is 0 Å². The third-order valence-corrected chi connectivity index (χ3v) is 8.99. The molecule has 2 aromatic rings. The van der Waals surface area contributed by atoms with Gasteiger partial charge in [0.05, 0.1) is 0 Å². The summed E-state index contributed by atoms with van der Waals surface area (Å²) in [5, 5.41) is 3.11. The first kappa shape index (κ1) is 16.0. The molecule has 0 radical (unpaired) electrons. The van der Waals surface area contributed by atoms with E-state index in [-0.39, 0.29) is 0 Å². The fraction of sp³-hybridized carbons (Fsp3) is 0.273. The average molecular weight is 319 g/mol. The van der Waals surface area contributed by atoms with Crippen LogP contribution in [0.3, 0.4) is 0 Å². The Hall–Kier alpha value is -1.86. The predicted molar refractivity (Wildman–Crippen MR) is 104 cm³/mol. The van der Waals surface area contributed by atoms with Crippen LogP contribution in [-0.4, -0.2) is 8.80 Å². The molecule has 0 N–H and O–H groups in total. The predicted octanol–water partition coefficient (Wildman–Crippen LogP) is 4.33. The molecule has 1 aliphatic carbocycles. The highest BCUT2D eigenvalue weighted by atomic mass is 28.3. The van der Waals surface area contributed by atoms with Gasteiger partial charge in [0.25, 0.3) is 0 Å². The van der Waals surface area contributed by atoms with Crippen LogP contribution < -0.4 is 10.4 Å². The lowest BCUT2D eigenvalue weighted by Crippen LogP contribution is -2.43. The van der Waals surface area contributed by atoms with Crippen molar-refractivity contribution in [3.05, 3.63) is 83.0 Å². The Labute approximate surface area is 142 Å². The summed E-state index contributed by atoms with van der Waals surface area (Å²) in [6.45, 7) is 9.24. The molecule has 0 unspecified atom stereocenters. The van der Waals surface area contributed by atoms with Crippen molar-refractivity contribution in [1.82, 2.24) is 0 Å². The minimum atomic E-state index is -1.20. The van der Waals surface area contributed by atoms with E-state index in [1.165, 1.54) is 17.2 Å². The summed E-state index contributed by atoms with van der Waals surface area (Å²) in [4.78, 5) is 0. The largest absolute Gasteiger partial charge is 0.104 e. The van der Waals surface area contributed by atoms with Gasteiger partial charge in [-0.3, -0.25) is 0 Å². The van der Waals surface area contributed by atoms with E-state index in [0.29, 0.717) is 5.92 Å². The SMILES string of the molecule is CC1=C(C)C(C[SiH](c2ccccc2)c2ccccc2)C(C)=C1C. The van der Waals surface area contributed by atoms with Gasteiger partial charge in [-0.15, -0.1) is 0 Å². The Bertz CT molecular complexity index is 675. The van der Waals surface area contributed by atoms with Crippen molar-refractivity contribution < 1.29 is 0 Å². The maximum Gasteiger partial charge on any atom is 0.104 e. The molecule has 0 bridgehead atoms. The molecule has 118 valence electrons. The number of allylic oxidation sites excluding steroid dienone is 4. The number of hydrogen-bond donors (Lipinski definition) is 0. The molecular formula is C22H26Si. The van der Waals surface area contributed by atoms with Gasteiger partial charge in [0.15, 0.2) is 0 Å². The van der Waals surface area contributed by atoms with E-state index in [4.69, 9.17) is 0 Å². The molecule has 0 nitrogen and oxygen atoms in total. The Morgan fingerprint density at radius 3 is 1.43 bits per heavy atom. The summed E-state index contributed by atoms with van der Waals surface area (Å²) in [6, 6.07) is 23.6. The zero-order valence-corrected chi connectivity index (χ0v) is 15.8. The first-order chi connectivity index (χ1) is 11.1. The lowest BCUT2D eigenvalue weighted by Gasteiger charge is -2.23. The number of benzene rings is 2. The fourth-order valence-electron chi connectivity index (χ4n) is 3.86. The molecule has 0 spiro atoms. The molecule has 0 saturated heterocycles. The van der Waals surface area contributed by atoms with Crippen molar-refractivity contribution in [1.29, 1.82) is 0 Å². The first-order valence-corrected chi connectivity index (χ1v) is 10.5. The minimum absolute atomic E-state index is 0.632.